The van der Waals surface area contributed by atoms with Crippen LogP contribution < -0.4 is 16.8 Å². The number of hydrogen-bond donors (Lipinski definition) is 3. The van der Waals surface area contributed by atoms with Crippen LogP contribution >= 0.6 is 11.6 Å². The van der Waals surface area contributed by atoms with Gasteiger partial charge in [0, 0.05) is 31.2 Å². The maximum Gasteiger partial charge on any atom is 0.232 e. The van der Waals surface area contributed by atoms with Gasteiger partial charge in [-0.1, -0.05) is 23.7 Å². The summed E-state index contributed by atoms with van der Waals surface area (Å²) in [6.07, 6.45) is 1.86. The van der Waals surface area contributed by atoms with Crippen LogP contribution in [0.25, 0.3) is 0 Å². The molecule has 2 aliphatic rings. The van der Waals surface area contributed by atoms with Crippen molar-refractivity contribution in [2.45, 2.75) is 57.2 Å². The van der Waals surface area contributed by atoms with Crippen molar-refractivity contribution in [1.29, 1.82) is 0 Å². The van der Waals surface area contributed by atoms with E-state index in [4.69, 9.17) is 27.8 Å². The van der Waals surface area contributed by atoms with Gasteiger partial charge in [-0.3, -0.25) is 14.5 Å². The van der Waals surface area contributed by atoms with E-state index in [1.165, 1.54) is 0 Å². The highest BCUT2D eigenvalue weighted by Crippen LogP contribution is 2.41. The van der Waals surface area contributed by atoms with Gasteiger partial charge in [-0.25, -0.2) is 4.99 Å². The van der Waals surface area contributed by atoms with Gasteiger partial charge in [-0.05, 0) is 32.8 Å². The Labute approximate surface area is 175 Å². The van der Waals surface area contributed by atoms with E-state index in [9.17, 15) is 9.59 Å². The molecule has 1 aromatic rings. The molecule has 1 aromatic carbocycles. The van der Waals surface area contributed by atoms with Crippen LogP contribution in [0.15, 0.2) is 23.2 Å². The van der Waals surface area contributed by atoms with Gasteiger partial charge >= 0.3 is 0 Å². The van der Waals surface area contributed by atoms with E-state index in [-0.39, 0.29) is 49.3 Å². The Morgan fingerprint density at radius 3 is 2.90 bits per heavy atom. The van der Waals surface area contributed by atoms with Crippen molar-refractivity contribution in [3.8, 4) is 0 Å². The van der Waals surface area contributed by atoms with Crippen molar-refractivity contribution < 1.29 is 14.3 Å². The Balaban J connectivity index is 1.89. The molecule has 2 amide bonds. The lowest BCUT2D eigenvalue weighted by molar-refractivity contribution is -0.133. The molecule has 158 valence electrons. The summed E-state index contributed by atoms with van der Waals surface area (Å²) in [6, 6.07) is 5.26. The van der Waals surface area contributed by atoms with Crippen LogP contribution in [0.1, 0.15) is 45.1 Å². The molecule has 3 atom stereocenters. The molecule has 0 unspecified atom stereocenters. The topological polar surface area (TPSA) is 123 Å². The third kappa shape index (κ3) is 4.55. The SMILES string of the molecule is C[C@@H]1C[C@H](N2C(=O)C[C@@](C)(c3cccc(NC(=O)CCN)c3Cl)N=C2N)CCO1. The molecule has 3 rings (SSSR count). The van der Waals surface area contributed by atoms with Crippen LogP contribution in [0.2, 0.25) is 5.02 Å². The number of guanidine groups is 1. The number of aliphatic imine (C=N–C) groups is 1. The summed E-state index contributed by atoms with van der Waals surface area (Å²) in [5.41, 5.74) is 11.9. The van der Waals surface area contributed by atoms with Gasteiger partial charge in [-0.15, -0.1) is 0 Å². The molecule has 0 saturated carbocycles. The van der Waals surface area contributed by atoms with E-state index < -0.39 is 5.54 Å². The van der Waals surface area contributed by atoms with Crippen LogP contribution in [-0.2, 0) is 19.9 Å². The Hall–Kier alpha value is -2.16. The predicted molar refractivity (Wildman–Crippen MR) is 113 cm³/mol. The minimum absolute atomic E-state index is 0.0168. The second-order valence-corrected chi connectivity index (χ2v) is 8.18. The van der Waals surface area contributed by atoms with Gasteiger partial charge in [0.2, 0.25) is 11.8 Å². The van der Waals surface area contributed by atoms with Crippen LogP contribution in [0.3, 0.4) is 0 Å². The number of carbonyl (C=O) groups is 2. The number of ether oxygens (including phenoxy) is 1. The second kappa shape index (κ2) is 8.69. The fraction of sp³-hybridized carbons (Fsp3) is 0.550. The first-order chi connectivity index (χ1) is 13.7. The van der Waals surface area contributed by atoms with Crippen molar-refractivity contribution in [2.75, 3.05) is 18.5 Å². The zero-order chi connectivity index (χ0) is 21.2. The first-order valence-electron chi connectivity index (χ1n) is 9.83. The molecule has 5 N–H and O–H groups in total. The predicted octanol–water partition coefficient (Wildman–Crippen LogP) is 1.96. The molecule has 0 aliphatic carbocycles. The van der Waals surface area contributed by atoms with E-state index in [2.05, 4.69) is 10.3 Å². The smallest absolute Gasteiger partial charge is 0.232 e. The number of halogens is 1. The molecule has 0 spiro atoms. The van der Waals surface area contributed by atoms with Crippen molar-refractivity contribution in [2.24, 2.45) is 16.5 Å². The number of nitrogens with zero attached hydrogens (tertiary/aromatic N) is 2. The molecule has 0 bridgehead atoms. The Kier molecular flexibility index (Phi) is 6.45. The number of rotatable bonds is 5. The minimum Gasteiger partial charge on any atom is -0.378 e. The normalized spacial score (nSPS) is 27.5. The number of hydrogen-bond acceptors (Lipinski definition) is 6. The quantitative estimate of drug-likeness (QED) is 0.670. The number of carbonyl (C=O) groups excluding carboxylic acids is 2. The Morgan fingerprint density at radius 1 is 1.48 bits per heavy atom. The summed E-state index contributed by atoms with van der Waals surface area (Å²) in [5, 5.41) is 3.10. The molecule has 0 radical (unpaired) electrons. The van der Waals surface area contributed by atoms with Crippen LogP contribution in [-0.4, -0.2) is 48.0 Å². The molecule has 0 aromatic heterocycles. The molecule has 29 heavy (non-hydrogen) atoms. The monoisotopic (exact) mass is 421 g/mol. The molecule has 2 heterocycles. The average Bonchev–Trinajstić information content (AvgIpc) is 2.63. The standard InChI is InChI=1S/C20H28ClN5O3/c1-12-10-13(7-9-29-12)26-17(28)11-20(2,25-19(26)23)14-4-3-5-15(18(14)21)24-16(27)6-8-22/h3-5,12-13H,6-11,22H2,1-2H3,(H2,23,25)(H,24,27)/t12-,13-,20+/m1/s1. The van der Waals surface area contributed by atoms with Crippen LogP contribution in [0.4, 0.5) is 5.69 Å². The summed E-state index contributed by atoms with van der Waals surface area (Å²) >= 11 is 6.58. The number of amides is 2. The zero-order valence-corrected chi connectivity index (χ0v) is 17.5. The fourth-order valence-electron chi connectivity index (χ4n) is 4.00. The van der Waals surface area contributed by atoms with Crippen molar-refractivity contribution in [3.05, 3.63) is 28.8 Å². The number of nitrogens with one attached hydrogen (secondary N) is 1. The van der Waals surface area contributed by atoms with Gasteiger partial charge in [0.1, 0.15) is 0 Å². The summed E-state index contributed by atoms with van der Waals surface area (Å²) in [5.74, 6) is -0.122. The molecule has 9 heteroatoms. The molecular formula is C20H28ClN5O3. The summed E-state index contributed by atoms with van der Waals surface area (Å²) in [7, 11) is 0. The van der Waals surface area contributed by atoms with Gasteiger partial charge in [0.25, 0.3) is 0 Å². The lowest BCUT2D eigenvalue weighted by Crippen LogP contribution is -2.56. The lowest BCUT2D eigenvalue weighted by Gasteiger charge is -2.41. The average molecular weight is 422 g/mol. The molecule has 1 saturated heterocycles. The summed E-state index contributed by atoms with van der Waals surface area (Å²) in [6.45, 7) is 4.66. The van der Waals surface area contributed by atoms with Gasteiger partial charge in [-0.2, -0.15) is 0 Å². The van der Waals surface area contributed by atoms with Crippen molar-refractivity contribution >= 4 is 35.1 Å². The lowest BCUT2D eigenvalue weighted by atomic mass is 9.86. The van der Waals surface area contributed by atoms with Crippen molar-refractivity contribution in [1.82, 2.24) is 4.90 Å². The van der Waals surface area contributed by atoms with E-state index in [0.29, 0.717) is 22.9 Å². The van der Waals surface area contributed by atoms with Gasteiger partial charge in [0.05, 0.1) is 28.8 Å². The molecular weight excluding hydrogens is 394 g/mol. The third-order valence-corrected chi connectivity index (χ3v) is 5.83. The minimum atomic E-state index is -0.917. The van der Waals surface area contributed by atoms with E-state index in [0.717, 1.165) is 12.8 Å². The van der Waals surface area contributed by atoms with Gasteiger partial charge in [0.15, 0.2) is 5.96 Å². The van der Waals surface area contributed by atoms with E-state index in [1.807, 2.05) is 13.8 Å². The van der Waals surface area contributed by atoms with Crippen molar-refractivity contribution in [3.63, 3.8) is 0 Å². The highest BCUT2D eigenvalue weighted by molar-refractivity contribution is 6.34. The van der Waals surface area contributed by atoms with E-state index in [1.54, 1.807) is 23.1 Å². The first-order valence-corrected chi connectivity index (χ1v) is 10.2. The van der Waals surface area contributed by atoms with Gasteiger partial charge < -0.3 is 21.5 Å². The fourth-order valence-corrected chi connectivity index (χ4v) is 4.37. The second-order valence-electron chi connectivity index (χ2n) is 7.80. The highest BCUT2D eigenvalue weighted by atomic mass is 35.5. The number of anilines is 1. The van der Waals surface area contributed by atoms with Crippen LogP contribution in [0, 0.1) is 0 Å². The highest BCUT2D eigenvalue weighted by Gasteiger charge is 2.42. The molecule has 8 nitrogen and oxygen atoms in total. The van der Waals surface area contributed by atoms with E-state index >= 15 is 0 Å². The van der Waals surface area contributed by atoms with Crippen LogP contribution in [0.5, 0.6) is 0 Å². The zero-order valence-electron chi connectivity index (χ0n) is 16.8. The Bertz CT molecular complexity index is 830. The Morgan fingerprint density at radius 2 is 2.24 bits per heavy atom. The summed E-state index contributed by atoms with van der Waals surface area (Å²) in [4.78, 5) is 31.2. The first kappa shape index (κ1) is 21.5. The maximum absolute atomic E-state index is 13.1. The third-order valence-electron chi connectivity index (χ3n) is 5.42. The molecule has 2 aliphatic heterocycles. The number of benzene rings is 1. The largest absolute Gasteiger partial charge is 0.378 e. The number of nitrogens with two attached hydrogens (primary N) is 2. The maximum atomic E-state index is 13.1. The summed E-state index contributed by atoms with van der Waals surface area (Å²) < 4.78 is 5.58. The molecule has 1 fully saturated rings.